The van der Waals surface area contributed by atoms with E-state index in [4.69, 9.17) is 0 Å². The average Bonchev–Trinajstić information content (AvgIpc) is 1.99. The monoisotopic (exact) mass is 220 g/mol. The van der Waals surface area contributed by atoms with Gasteiger partial charge in [-0.05, 0) is 17.5 Å². The maximum Gasteiger partial charge on any atom is 0.416 e. The molecule has 84 valence electrons. The van der Waals surface area contributed by atoms with Crippen molar-refractivity contribution in [2.75, 3.05) is 0 Å². The van der Waals surface area contributed by atoms with Crippen LogP contribution >= 0.6 is 0 Å². The molecule has 0 amide bonds. The fourth-order valence-corrected chi connectivity index (χ4v) is 1.52. The first-order valence-corrected chi connectivity index (χ1v) is 4.50. The van der Waals surface area contributed by atoms with Crippen LogP contribution < -0.4 is 0 Å². The smallest absolute Gasteiger partial charge is 0.207 e. The molecule has 0 bridgehead atoms. The Labute approximate surface area is 85.9 Å². The van der Waals surface area contributed by atoms with Crippen LogP contribution in [0.2, 0.25) is 0 Å². The molecule has 0 fully saturated rings. The fraction of sp³-hybridized carbons (Fsp3) is 0.455. The van der Waals surface area contributed by atoms with E-state index in [0.717, 1.165) is 18.2 Å². The molecule has 0 nitrogen and oxygen atoms in total. The summed E-state index contributed by atoms with van der Waals surface area (Å²) in [5, 5.41) is 0. The third-order valence-electron chi connectivity index (χ3n) is 2.07. The normalized spacial score (nSPS) is 13.0. The fourth-order valence-electron chi connectivity index (χ4n) is 1.52. The number of alkyl halides is 3. The summed E-state index contributed by atoms with van der Waals surface area (Å²) in [6.45, 7) is 4.67. The van der Waals surface area contributed by atoms with Gasteiger partial charge in [-0.3, -0.25) is 0 Å². The minimum absolute atomic E-state index is 0.280. The quantitative estimate of drug-likeness (QED) is 0.576. The molecule has 0 aliphatic rings. The molecule has 0 saturated heterocycles. The second-order valence-corrected chi connectivity index (χ2v) is 4.41. The van der Waals surface area contributed by atoms with Crippen molar-refractivity contribution in [3.8, 4) is 0 Å². The third-order valence-corrected chi connectivity index (χ3v) is 2.07. The Kier molecular flexibility index (Phi) is 2.81. The highest BCUT2D eigenvalue weighted by Gasteiger charge is 2.37. The van der Waals surface area contributed by atoms with Crippen LogP contribution in [-0.4, -0.2) is 0 Å². The largest absolute Gasteiger partial charge is 0.416 e. The third kappa shape index (κ3) is 2.49. The van der Waals surface area contributed by atoms with Gasteiger partial charge in [0.1, 0.15) is 5.82 Å². The predicted molar refractivity (Wildman–Crippen MR) is 50.1 cm³/mol. The van der Waals surface area contributed by atoms with E-state index in [-0.39, 0.29) is 5.56 Å². The van der Waals surface area contributed by atoms with E-state index < -0.39 is 23.0 Å². The minimum atomic E-state index is -4.51. The second kappa shape index (κ2) is 3.51. The van der Waals surface area contributed by atoms with E-state index in [1.54, 1.807) is 20.8 Å². The molecule has 15 heavy (non-hydrogen) atoms. The van der Waals surface area contributed by atoms with Gasteiger partial charge < -0.3 is 0 Å². The van der Waals surface area contributed by atoms with Crippen LogP contribution in [-0.2, 0) is 11.6 Å². The van der Waals surface area contributed by atoms with Gasteiger partial charge >= 0.3 is 6.18 Å². The Morgan fingerprint density at radius 2 is 1.53 bits per heavy atom. The lowest BCUT2D eigenvalue weighted by atomic mass is 9.83. The number of halogens is 4. The zero-order valence-electron chi connectivity index (χ0n) is 8.74. The molecule has 0 atom stereocenters. The van der Waals surface area contributed by atoms with Crippen molar-refractivity contribution in [2.24, 2.45) is 0 Å². The van der Waals surface area contributed by atoms with Crippen molar-refractivity contribution in [2.45, 2.75) is 32.4 Å². The van der Waals surface area contributed by atoms with Crippen molar-refractivity contribution >= 4 is 0 Å². The van der Waals surface area contributed by atoms with Crippen LogP contribution in [0.15, 0.2) is 18.2 Å². The molecule has 1 aromatic carbocycles. The maximum atomic E-state index is 13.4. The van der Waals surface area contributed by atoms with Gasteiger partial charge in [0.05, 0.1) is 5.56 Å². The second-order valence-electron chi connectivity index (χ2n) is 4.41. The number of hydrogen-bond acceptors (Lipinski definition) is 0. The molecule has 0 radical (unpaired) electrons. The summed E-state index contributed by atoms with van der Waals surface area (Å²) in [4.78, 5) is 0. The molecular weight excluding hydrogens is 208 g/mol. The lowest BCUT2D eigenvalue weighted by Crippen LogP contribution is -2.21. The lowest BCUT2D eigenvalue weighted by molar-refractivity contribution is -0.138. The first-order valence-electron chi connectivity index (χ1n) is 4.50. The van der Waals surface area contributed by atoms with Gasteiger partial charge in [-0.2, -0.15) is 13.2 Å². The van der Waals surface area contributed by atoms with Crippen LogP contribution in [0.1, 0.15) is 31.9 Å². The van der Waals surface area contributed by atoms with E-state index in [1.807, 2.05) is 0 Å². The van der Waals surface area contributed by atoms with Crippen LogP contribution in [0.3, 0.4) is 0 Å². The Morgan fingerprint density at radius 1 is 1.00 bits per heavy atom. The van der Waals surface area contributed by atoms with Gasteiger partial charge in [0.25, 0.3) is 0 Å². The zero-order chi connectivity index (χ0) is 11.9. The molecule has 0 aromatic heterocycles. The molecule has 0 spiro atoms. The predicted octanol–water partition coefficient (Wildman–Crippen LogP) is 4.14. The molecule has 0 unspecified atom stereocenters. The van der Waals surface area contributed by atoms with Gasteiger partial charge in [0.15, 0.2) is 0 Å². The SMILES string of the molecule is CC(C)(C)c1c(F)cccc1C(F)(F)F. The van der Waals surface area contributed by atoms with Gasteiger partial charge in [0.2, 0.25) is 0 Å². The summed E-state index contributed by atoms with van der Waals surface area (Å²) < 4.78 is 51.2. The molecular formula is C11H12F4. The van der Waals surface area contributed by atoms with Crippen molar-refractivity contribution in [3.05, 3.63) is 35.1 Å². The highest BCUT2D eigenvalue weighted by molar-refractivity contribution is 5.36. The Morgan fingerprint density at radius 3 is 1.87 bits per heavy atom. The van der Waals surface area contributed by atoms with Crippen molar-refractivity contribution in [1.29, 1.82) is 0 Å². The molecule has 0 N–H and O–H groups in total. The van der Waals surface area contributed by atoms with Gasteiger partial charge in [-0.15, -0.1) is 0 Å². The molecule has 0 heterocycles. The molecule has 0 saturated carbocycles. The van der Waals surface area contributed by atoms with Crippen LogP contribution in [0.5, 0.6) is 0 Å². The standard InChI is InChI=1S/C11H12F4/c1-10(2,3)9-7(11(13,14)15)5-4-6-8(9)12/h4-6H,1-3H3. The van der Waals surface area contributed by atoms with E-state index in [2.05, 4.69) is 0 Å². The average molecular weight is 220 g/mol. The summed E-state index contributed by atoms with van der Waals surface area (Å²) in [5.74, 6) is -0.808. The van der Waals surface area contributed by atoms with E-state index in [9.17, 15) is 17.6 Å². The molecule has 1 rings (SSSR count). The van der Waals surface area contributed by atoms with Crippen molar-refractivity contribution in [3.63, 3.8) is 0 Å². The Bertz CT molecular complexity index is 358. The molecule has 0 aliphatic carbocycles. The lowest BCUT2D eigenvalue weighted by Gasteiger charge is -2.24. The summed E-state index contributed by atoms with van der Waals surface area (Å²) in [6, 6.07) is 3.03. The van der Waals surface area contributed by atoms with Gasteiger partial charge in [-0.1, -0.05) is 26.8 Å². The van der Waals surface area contributed by atoms with Crippen molar-refractivity contribution in [1.82, 2.24) is 0 Å². The molecule has 0 aliphatic heterocycles. The minimum Gasteiger partial charge on any atom is -0.207 e. The summed E-state index contributed by atoms with van der Waals surface area (Å²) in [5.41, 5.74) is -2.04. The van der Waals surface area contributed by atoms with E-state index in [1.165, 1.54) is 0 Å². The number of rotatable bonds is 0. The van der Waals surface area contributed by atoms with Crippen LogP contribution in [0, 0.1) is 5.82 Å². The number of hydrogen-bond donors (Lipinski definition) is 0. The zero-order valence-corrected chi connectivity index (χ0v) is 8.74. The van der Waals surface area contributed by atoms with Gasteiger partial charge in [-0.25, -0.2) is 4.39 Å². The van der Waals surface area contributed by atoms with E-state index in [0.29, 0.717) is 0 Å². The van der Waals surface area contributed by atoms with Crippen molar-refractivity contribution < 1.29 is 17.6 Å². The summed E-state index contributed by atoms with van der Waals surface area (Å²) >= 11 is 0. The Balaban J connectivity index is 3.48. The Hall–Kier alpha value is -1.06. The summed E-state index contributed by atoms with van der Waals surface area (Å²) in [6.07, 6.45) is -4.51. The first kappa shape index (κ1) is 12.0. The highest BCUT2D eigenvalue weighted by atomic mass is 19.4. The summed E-state index contributed by atoms with van der Waals surface area (Å²) in [7, 11) is 0. The maximum absolute atomic E-state index is 13.4. The highest BCUT2D eigenvalue weighted by Crippen LogP contribution is 2.38. The van der Waals surface area contributed by atoms with Gasteiger partial charge in [0, 0.05) is 5.56 Å². The topological polar surface area (TPSA) is 0 Å². The van der Waals surface area contributed by atoms with E-state index >= 15 is 0 Å². The van der Waals surface area contributed by atoms with Crippen LogP contribution in [0.25, 0.3) is 0 Å². The molecule has 4 heteroatoms. The molecule has 1 aromatic rings. The number of benzene rings is 1. The van der Waals surface area contributed by atoms with Crippen LogP contribution in [0.4, 0.5) is 17.6 Å². The first-order chi connectivity index (χ1) is 6.64.